The molecule has 0 unspecified atom stereocenters. The van der Waals surface area contributed by atoms with Crippen molar-refractivity contribution in [3.63, 3.8) is 0 Å². The first-order chi connectivity index (χ1) is 7.29. The first-order valence-electron chi connectivity index (χ1n) is 4.75. The van der Waals surface area contributed by atoms with E-state index in [2.05, 4.69) is 9.97 Å². The van der Waals surface area contributed by atoms with Gasteiger partial charge in [0.05, 0.1) is 13.7 Å². The molecule has 82 valence electrons. The molecule has 0 N–H and O–H groups in total. The van der Waals surface area contributed by atoms with Gasteiger partial charge in [-0.25, -0.2) is 9.97 Å². The smallest absolute Gasteiger partial charge is 0.243 e. The van der Waals surface area contributed by atoms with Crippen LogP contribution in [-0.2, 0) is 4.74 Å². The second-order valence-corrected chi connectivity index (χ2v) is 2.78. The van der Waals surface area contributed by atoms with Crippen LogP contribution >= 0.6 is 0 Å². The highest BCUT2D eigenvalue weighted by Gasteiger charge is 2.13. The molecule has 0 aliphatic heterocycles. The number of hydrogen-bond donors (Lipinski definition) is 0. The monoisotopic (exact) mass is 210 g/mol. The van der Waals surface area contributed by atoms with Crippen molar-refractivity contribution in [3.05, 3.63) is 18.1 Å². The number of carbonyl (C=O) groups excluding carboxylic acids is 1. The lowest BCUT2D eigenvalue weighted by molar-refractivity contribution is 0.0887. The normalized spacial score (nSPS) is 10.0. The average molecular weight is 210 g/mol. The fourth-order valence-corrected chi connectivity index (χ4v) is 1.09. The van der Waals surface area contributed by atoms with Crippen molar-refractivity contribution in [1.29, 1.82) is 0 Å². The molecule has 0 aromatic carbocycles. The molecule has 0 aliphatic rings. The predicted molar refractivity (Wildman–Crippen MR) is 54.0 cm³/mol. The average Bonchev–Trinajstić information content (AvgIpc) is 2.29. The van der Waals surface area contributed by atoms with Crippen LogP contribution < -0.4 is 4.74 Å². The molecule has 1 rings (SSSR count). The van der Waals surface area contributed by atoms with E-state index >= 15 is 0 Å². The largest absolute Gasteiger partial charge is 0.479 e. The van der Waals surface area contributed by atoms with Crippen LogP contribution in [0.5, 0.6) is 5.88 Å². The van der Waals surface area contributed by atoms with Gasteiger partial charge in [0.2, 0.25) is 5.88 Å². The second-order valence-electron chi connectivity index (χ2n) is 2.78. The highest BCUT2D eigenvalue weighted by atomic mass is 16.5. The summed E-state index contributed by atoms with van der Waals surface area (Å²) in [7, 11) is 1.46. The fourth-order valence-electron chi connectivity index (χ4n) is 1.09. The second kappa shape index (κ2) is 6.08. The van der Waals surface area contributed by atoms with Gasteiger partial charge in [-0.15, -0.1) is 0 Å². The van der Waals surface area contributed by atoms with Crippen LogP contribution in [0.4, 0.5) is 0 Å². The fraction of sp³-hybridized carbons (Fsp3) is 0.500. The predicted octanol–water partition coefficient (Wildman–Crippen LogP) is 1.09. The number of nitrogens with zero attached hydrogens (tertiary/aromatic N) is 2. The van der Waals surface area contributed by atoms with Crippen LogP contribution in [0.15, 0.2) is 12.4 Å². The Morgan fingerprint density at radius 2 is 2.13 bits per heavy atom. The lowest BCUT2D eigenvalue weighted by atomic mass is 10.2. The number of hydrogen-bond acceptors (Lipinski definition) is 5. The lowest BCUT2D eigenvalue weighted by Crippen LogP contribution is -2.09. The number of aromatic nitrogens is 2. The van der Waals surface area contributed by atoms with Gasteiger partial charge in [-0.05, 0) is 6.92 Å². The Balaban J connectivity index is 2.64. The SMILES string of the molecule is CCOCCC(=O)c1nccnc1OC. The molecule has 0 bridgehead atoms. The zero-order chi connectivity index (χ0) is 11.1. The molecule has 0 amide bonds. The van der Waals surface area contributed by atoms with Gasteiger partial charge in [-0.3, -0.25) is 4.79 Å². The molecule has 5 nitrogen and oxygen atoms in total. The Kier molecular flexibility index (Phi) is 4.70. The van der Waals surface area contributed by atoms with Crippen LogP contribution in [0.1, 0.15) is 23.8 Å². The number of ketones is 1. The quantitative estimate of drug-likeness (QED) is 0.519. The molecule has 0 spiro atoms. The van der Waals surface area contributed by atoms with Crippen LogP contribution in [0.3, 0.4) is 0 Å². The van der Waals surface area contributed by atoms with Crippen LogP contribution in [0, 0.1) is 0 Å². The number of ether oxygens (including phenoxy) is 2. The summed E-state index contributed by atoms with van der Waals surface area (Å²) in [5, 5.41) is 0. The molecule has 1 aromatic rings. The maximum Gasteiger partial charge on any atom is 0.243 e. The molecule has 0 radical (unpaired) electrons. The topological polar surface area (TPSA) is 61.3 Å². The van der Waals surface area contributed by atoms with Crippen molar-refractivity contribution in [2.24, 2.45) is 0 Å². The van der Waals surface area contributed by atoms with E-state index in [0.29, 0.717) is 19.6 Å². The first kappa shape index (κ1) is 11.6. The molecule has 0 fully saturated rings. The molecular weight excluding hydrogens is 196 g/mol. The minimum atomic E-state index is -0.117. The summed E-state index contributed by atoms with van der Waals surface area (Å²) in [5.74, 6) is 0.146. The number of methoxy groups -OCH3 is 1. The van der Waals surface area contributed by atoms with Crippen LogP contribution in [-0.4, -0.2) is 36.1 Å². The Labute approximate surface area is 88.4 Å². The molecule has 0 saturated heterocycles. The van der Waals surface area contributed by atoms with Gasteiger partial charge in [-0.1, -0.05) is 0 Å². The summed E-state index contributed by atoms with van der Waals surface area (Å²) in [6.45, 7) is 2.88. The van der Waals surface area contributed by atoms with Crippen LogP contribution in [0.25, 0.3) is 0 Å². The van der Waals surface area contributed by atoms with Gasteiger partial charge >= 0.3 is 0 Å². The summed E-state index contributed by atoms with van der Waals surface area (Å²) in [6.07, 6.45) is 3.25. The zero-order valence-corrected chi connectivity index (χ0v) is 8.90. The lowest BCUT2D eigenvalue weighted by Gasteiger charge is -2.04. The van der Waals surface area contributed by atoms with Gasteiger partial charge in [0, 0.05) is 25.4 Å². The molecule has 0 atom stereocenters. The van der Waals surface area contributed by atoms with Crippen molar-refractivity contribution in [2.75, 3.05) is 20.3 Å². The van der Waals surface area contributed by atoms with E-state index in [4.69, 9.17) is 9.47 Å². The summed E-state index contributed by atoms with van der Waals surface area (Å²) < 4.78 is 10.0. The van der Waals surface area contributed by atoms with Gasteiger partial charge in [0.1, 0.15) is 0 Å². The van der Waals surface area contributed by atoms with Crippen molar-refractivity contribution >= 4 is 5.78 Å². The third-order valence-electron chi connectivity index (χ3n) is 1.80. The Morgan fingerprint density at radius 1 is 1.40 bits per heavy atom. The molecular formula is C10H14N2O3. The zero-order valence-electron chi connectivity index (χ0n) is 8.90. The van der Waals surface area contributed by atoms with E-state index in [0.717, 1.165) is 0 Å². The Morgan fingerprint density at radius 3 is 2.80 bits per heavy atom. The van der Waals surface area contributed by atoms with E-state index in [1.165, 1.54) is 19.5 Å². The van der Waals surface area contributed by atoms with Gasteiger partial charge in [-0.2, -0.15) is 0 Å². The summed E-state index contributed by atoms with van der Waals surface area (Å²) in [6, 6.07) is 0. The standard InChI is InChI=1S/C10H14N2O3/c1-3-15-7-4-8(13)9-10(14-2)12-6-5-11-9/h5-6H,3-4,7H2,1-2H3. The minimum absolute atomic E-state index is 0.117. The molecule has 0 aliphatic carbocycles. The molecule has 15 heavy (non-hydrogen) atoms. The molecule has 0 saturated carbocycles. The van der Waals surface area contributed by atoms with Crippen LogP contribution in [0.2, 0.25) is 0 Å². The third kappa shape index (κ3) is 3.28. The van der Waals surface area contributed by atoms with E-state index in [1.807, 2.05) is 6.92 Å². The van der Waals surface area contributed by atoms with Crippen molar-refractivity contribution in [2.45, 2.75) is 13.3 Å². The summed E-state index contributed by atoms with van der Waals surface area (Å²) in [5.41, 5.74) is 0.264. The highest BCUT2D eigenvalue weighted by Crippen LogP contribution is 2.12. The van der Waals surface area contributed by atoms with E-state index in [9.17, 15) is 4.79 Å². The summed E-state index contributed by atoms with van der Waals surface area (Å²) in [4.78, 5) is 19.5. The maximum atomic E-state index is 11.6. The molecule has 5 heteroatoms. The first-order valence-corrected chi connectivity index (χ1v) is 4.75. The maximum absolute atomic E-state index is 11.6. The Bertz CT molecular complexity index is 328. The van der Waals surface area contributed by atoms with E-state index < -0.39 is 0 Å². The van der Waals surface area contributed by atoms with E-state index in [-0.39, 0.29) is 17.4 Å². The highest BCUT2D eigenvalue weighted by molar-refractivity contribution is 5.96. The third-order valence-corrected chi connectivity index (χ3v) is 1.80. The molecule has 1 aromatic heterocycles. The van der Waals surface area contributed by atoms with Crippen molar-refractivity contribution in [1.82, 2.24) is 9.97 Å². The number of carbonyl (C=O) groups is 1. The van der Waals surface area contributed by atoms with E-state index in [1.54, 1.807) is 0 Å². The summed E-state index contributed by atoms with van der Waals surface area (Å²) >= 11 is 0. The number of rotatable bonds is 6. The molecule has 1 heterocycles. The van der Waals surface area contributed by atoms with Gasteiger partial charge in [0.25, 0.3) is 0 Å². The van der Waals surface area contributed by atoms with Gasteiger partial charge < -0.3 is 9.47 Å². The minimum Gasteiger partial charge on any atom is -0.479 e. The Hall–Kier alpha value is -1.49. The number of Topliss-reactive ketones (excluding diaryl/α,β-unsaturated/α-hetero) is 1. The van der Waals surface area contributed by atoms with Gasteiger partial charge in [0.15, 0.2) is 11.5 Å². The van der Waals surface area contributed by atoms with Crippen molar-refractivity contribution < 1.29 is 14.3 Å². The van der Waals surface area contributed by atoms with Crippen molar-refractivity contribution in [3.8, 4) is 5.88 Å².